The molecule has 0 saturated carbocycles. The molecule has 1 aliphatic heterocycles. The number of H-pyrrole nitrogens is 1. The molecule has 94 valence electrons. The van der Waals surface area contributed by atoms with Gasteiger partial charge in [-0.25, -0.2) is 4.98 Å². The van der Waals surface area contributed by atoms with Crippen LogP contribution in [0.4, 0.5) is 0 Å². The molecule has 1 aromatic heterocycles. The normalized spacial score (nSPS) is 37.1. The van der Waals surface area contributed by atoms with Gasteiger partial charge in [0, 0.05) is 18.2 Å². The number of hydrogen-bond acceptors (Lipinski definition) is 2. The monoisotopic (exact) mass is 234 g/mol. The van der Waals surface area contributed by atoms with Crippen molar-refractivity contribution in [1.82, 2.24) is 9.97 Å². The van der Waals surface area contributed by atoms with Gasteiger partial charge in [0.05, 0.1) is 5.69 Å². The lowest BCUT2D eigenvalue weighted by atomic mass is 9.84. The molecular formula is C14H22N2O. The Morgan fingerprint density at radius 1 is 1.41 bits per heavy atom. The smallest absolute Gasteiger partial charge is 0.138 e. The maximum atomic E-state index is 5.87. The van der Waals surface area contributed by atoms with Gasteiger partial charge < -0.3 is 9.72 Å². The van der Waals surface area contributed by atoms with Crippen LogP contribution in [-0.2, 0) is 16.8 Å². The topological polar surface area (TPSA) is 37.9 Å². The molecule has 17 heavy (non-hydrogen) atoms. The predicted molar refractivity (Wildman–Crippen MR) is 67.0 cm³/mol. The number of ether oxygens (including phenoxy) is 1. The van der Waals surface area contributed by atoms with Crippen LogP contribution in [0.25, 0.3) is 0 Å². The molecule has 3 unspecified atom stereocenters. The third-order valence-corrected chi connectivity index (χ3v) is 4.31. The van der Waals surface area contributed by atoms with Crippen molar-refractivity contribution in [1.29, 1.82) is 0 Å². The largest absolute Gasteiger partial charge is 0.367 e. The fourth-order valence-corrected chi connectivity index (χ4v) is 3.35. The Labute approximate surface area is 103 Å². The summed E-state index contributed by atoms with van der Waals surface area (Å²) in [5.41, 5.74) is 2.47. The Balaban J connectivity index is 1.96. The van der Waals surface area contributed by atoms with Gasteiger partial charge in [-0.05, 0) is 38.5 Å². The van der Waals surface area contributed by atoms with E-state index >= 15 is 0 Å². The molecule has 0 amide bonds. The molecule has 3 heteroatoms. The molecule has 0 radical (unpaired) electrons. The Morgan fingerprint density at radius 3 is 2.94 bits per heavy atom. The zero-order valence-corrected chi connectivity index (χ0v) is 11.0. The molecule has 1 fully saturated rings. The first-order valence-electron chi connectivity index (χ1n) is 6.82. The predicted octanol–water partition coefficient (Wildman–Crippen LogP) is 3.12. The van der Waals surface area contributed by atoms with Gasteiger partial charge in [-0.2, -0.15) is 0 Å². The van der Waals surface area contributed by atoms with Crippen LogP contribution in [-0.4, -0.2) is 16.6 Å². The number of nitrogens with one attached hydrogen (secondary N) is 1. The molecular weight excluding hydrogens is 212 g/mol. The zero-order chi connectivity index (χ0) is 12.0. The maximum absolute atomic E-state index is 5.87. The van der Waals surface area contributed by atoms with Crippen LogP contribution in [0.2, 0.25) is 0 Å². The molecule has 1 aliphatic carbocycles. The van der Waals surface area contributed by atoms with Crippen LogP contribution in [0.15, 0.2) is 0 Å². The van der Waals surface area contributed by atoms with Gasteiger partial charge in [-0.3, -0.25) is 0 Å². The van der Waals surface area contributed by atoms with Crippen molar-refractivity contribution in [2.24, 2.45) is 5.92 Å². The highest BCUT2D eigenvalue weighted by atomic mass is 16.5. The van der Waals surface area contributed by atoms with Crippen molar-refractivity contribution in [3.05, 3.63) is 17.2 Å². The van der Waals surface area contributed by atoms with Crippen LogP contribution >= 0.6 is 0 Å². The molecule has 2 heterocycles. The highest BCUT2D eigenvalue weighted by Crippen LogP contribution is 2.38. The summed E-state index contributed by atoms with van der Waals surface area (Å²) in [7, 11) is 0. The average molecular weight is 234 g/mol. The van der Waals surface area contributed by atoms with Gasteiger partial charge in [0.2, 0.25) is 0 Å². The molecule has 3 atom stereocenters. The van der Waals surface area contributed by atoms with Gasteiger partial charge in [0.1, 0.15) is 11.4 Å². The highest BCUT2D eigenvalue weighted by Gasteiger charge is 2.37. The first-order chi connectivity index (χ1) is 8.08. The summed E-state index contributed by atoms with van der Waals surface area (Å²) in [5.74, 6) is 2.41. The molecule has 0 aromatic carbocycles. The minimum Gasteiger partial charge on any atom is -0.367 e. The summed E-state index contributed by atoms with van der Waals surface area (Å²) in [4.78, 5) is 8.38. The highest BCUT2D eigenvalue weighted by molar-refractivity contribution is 5.24. The lowest BCUT2D eigenvalue weighted by Crippen LogP contribution is -2.21. The van der Waals surface area contributed by atoms with E-state index in [-0.39, 0.29) is 5.60 Å². The molecule has 3 nitrogen and oxygen atoms in total. The maximum Gasteiger partial charge on any atom is 0.138 e. The van der Waals surface area contributed by atoms with E-state index in [1.54, 1.807) is 0 Å². The summed E-state index contributed by atoms with van der Waals surface area (Å²) < 4.78 is 5.87. The van der Waals surface area contributed by atoms with Gasteiger partial charge in [-0.1, -0.05) is 13.8 Å². The standard InChI is InChI=1S/C14H22N2O/c1-9-7-10(2)12-11(8-9)15-13(16-12)14(3)5-4-6-17-14/h9-10H,4-8H2,1-3H3,(H,15,16). The van der Waals surface area contributed by atoms with Crippen molar-refractivity contribution in [3.8, 4) is 0 Å². The number of imidazole rings is 1. The Morgan fingerprint density at radius 2 is 2.24 bits per heavy atom. The number of rotatable bonds is 1. The van der Waals surface area contributed by atoms with E-state index in [2.05, 4.69) is 25.8 Å². The van der Waals surface area contributed by atoms with Gasteiger partial charge >= 0.3 is 0 Å². The summed E-state index contributed by atoms with van der Waals surface area (Å²) in [5, 5.41) is 0. The van der Waals surface area contributed by atoms with Crippen LogP contribution in [0.1, 0.15) is 63.2 Å². The molecule has 3 rings (SSSR count). The minimum atomic E-state index is -0.166. The van der Waals surface area contributed by atoms with E-state index < -0.39 is 0 Å². The molecule has 2 aliphatic rings. The second-order valence-electron chi connectivity index (χ2n) is 6.08. The zero-order valence-electron chi connectivity index (χ0n) is 11.0. The van der Waals surface area contributed by atoms with Gasteiger partial charge in [0.15, 0.2) is 0 Å². The Bertz CT molecular complexity index is 418. The Hall–Kier alpha value is -0.830. The second kappa shape index (κ2) is 3.84. The number of aromatic nitrogens is 2. The molecule has 0 spiro atoms. The van der Waals surface area contributed by atoms with Gasteiger partial charge in [-0.15, -0.1) is 0 Å². The summed E-state index contributed by atoms with van der Waals surface area (Å²) >= 11 is 0. The van der Waals surface area contributed by atoms with Crippen molar-refractivity contribution >= 4 is 0 Å². The third-order valence-electron chi connectivity index (χ3n) is 4.31. The van der Waals surface area contributed by atoms with E-state index in [0.29, 0.717) is 5.92 Å². The average Bonchev–Trinajstić information content (AvgIpc) is 2.84. The van der Waals surface area contributed by atoms with Crippen molar-refractivity contribution in [3.63, 3.8) is 0 Å². The quantitative estimate of drug-likeness (QED) is 0.810. The third kappa shape index (κ3) is 1.81. The van der Waals surface area contributed by atoms with Crippen molar-refractivity contribution in [2.45, 2.75) is 58.0 Å². The van der Waals surface area contributed by atoms with Crippen LogP contribution in [0.5, 0.6) is 0 Å². The first kappa shape index (κ1) is 11.3. The summed E-state index contributed by atoms with van der Waals surface area (Å²) in [6.07, 6.45) is 4.63. The number of fused-ring (bicyclic) bond motifs is 1. The number of aromatic amines is 1. The van der Waals surface area contributed by atoms with E-state index in [0.717, 1.165) is 37.6 Å². The number of nitrogens with zero attached hydrogens (tertiary/aromatic N) is 1. The lowest BCUT2D eigenvalue weighted by molar-refractivity contribution is 0.00987. The van der Waals surface area contributed by atoms with E-state index in [9.17, 15) is 0 Å². The van der Waals surface area contributed by atoms with Crippen molar-refractivity contribution < 1.29 is 4.74 Å². The molecule has 1 aromatic rings. The van der Waals surface area contributed by atoms with E-state index in [1.807, 2.05) is 0 Å². The SMILES string of the molecule is CC1Cc2[nH]c(C3(C)CCCO3)nc2C(C)C1. The summed E-state index contributed by atoms with van der Waals surface area (Å²) in [6.45, 7) is 7.65. The number of hydrogen-bond donors (Lipinski definition) is 1. The van der Waals surface area contributed by atoms with E-state index in [4.69, 9.17) is 9.72 Å². The second-order valence-corrected chi connectivity index (χ2v) is 6.08. The Kier molecular flexibility index (Phi) is 2.54. The van der Waals surface area contributed by atoms with Crippen LogP contribution in [0, 0.1) is 5.92 Å². The van der Waals surface area contributed by atoms with Crippen LogP contribution < -0.4 is 0 Å². The van der Waals surface area contributed by atoms with Gasteiger partial charge in [0.25, 0.3) is 0 Å². The molecule has 0 bridgehead atoms. The first-order valence-corrected chi connectivity index (χ1v) is 6.82. The molecule has 1 N–H and O–H groups in total. The lowest BCUT2D eigenvalue weighted by Gasteiger charge is -2.22. The molecule has 1 saturated heterocycles. The van der Waals surface area contributed by atoms with E-state index in [1.165, 1.54) is 17.8 Å². The fraction of sp³-hybridized carbons (Fsp3) is 0.786. The fourth-order valence-electron chi connectivity index (χ4n) is 3.35. The summed E-state index contributed by atoms with van der Waals surface area (Å²) in [6, 6.07) is 0. The van der Waals surface area contributed by atoms with Crippen molar-refractivity contribution in [2.75, 3.05) is 6.61 Å². The minimum absolute atomic E-state index is 0.166. The van der Waals surface area contributed by atoms with Crippen LogP contribution in [0.3, 0.4) is 0 Å².